The van der Waals surface area contributed by atoms with Crippen molar-refractivity contribution in [2.24, 2.45) is 0 Å². The van der Waals surface area contributed by atoms with Gasteiger partial charge >= 0.3 is 0 Å². The van der Waals surface area contributed by atoms with Gasteiger partial charge in [-0.15, -0.1) is 11.3 Å². The highest BCUT2D eigenvalue weighted by Gasteiger charge is 2.14. The van der Waals surface area contributed by atoms with Gasteiger partial charge in [0, 0.05) is 16.0 Å². The lowest BCUT2D eigenvalue weighted by atomic mass is 10.2. The largest absolute Gasteiger partial charge is 0.497 e. The van der Waals surface area contributed by atoms with Crippen LogP contribution >= 0.6 is 22.9 Å². The second-order valence-electron chi connectivity index (χ2n) is 5.07. The SMILES string of the molecule is COc1ccc(-c2nc(C(=O)Nc3cc(Cl)ccc3OC)cs2)cc1. The molecule has 0 bridgehead atoms. The predicted octanol–water partition coefficient (Wildman–Crippen LogP) is 4.73. The van der Waals surface area contributed by atoms with Crippen molar-refractivity contribution in [3.63, 3.8) is 0 Å². The molecular weight excluding hydrogens is 360 g/mol. The van der Waals surface area contributed by atoms with Crippen LogP contribution in [0.4, 0.5) is 5.69 Å². The molecule has 0 saturated carbocycles. The van der Waals surface area contributed by atoms with Crippen LogP contribution in [0.1, 0.15) is 10.5 Å². The summed E-state index contributed by atoms with van der Waals surface area (Å²) in [6.45, 7) is 0. The van der Waals surface area contributed by atoms with Crippen molar-refractivity contribution in [2.45, 2.75) is 0 Å². The summed E-state index contributed by atoms with van der Waals surface area (Å²) in [5.41, 5.74) is 1.75. The van der Waals surface area contributed by atoms with Gasteiger partial charge in [0.05, 0.1) is 19.9 Å². The van der Waals surface area contributed by atoms with Crippen molar-refractivity contribution in [1.82, 2.24) is 4.98 Å². The number of carbonyl (C=O) groups is 1. The van der Waals surface area contributed by atoms with Crippen molar-refractivity contribution < 1.29 is 14.3 Å². The lowest BCUT2D eigenvalue weighted by Gasteiger charge is -2.09. The van der Waals surface area contributed by atoms with Crippen LogP contribution in [0.5, 0.6) is 11.5 Å². The van der Waals surface area contributed by atoms with Crippen molar-refractivity contribution in [1.29, 1.82) is 0 Å². The van der Waals surface area contributed by atoms with Gasteiger partial charge in [-0.05, 0) is 42.5 Å². The van der Waals surface area contributed by atoms with E-state index in [9.17, 15) is 4.79 Å². The number of hydrogen-bond acceptors (Lipinski definition) is 5. The molecule has 0 aliphatic rings. The van der Waals surface area contributed by atoms with E-state index in [1.807, 2.05) is 24.3 Å². The Balaban J connectivity index is 1.80. The van der Waals surface area contributed by atoms with E-state index in [1.165, 1.54) is 18.4 Å². The molecule has 0 spiro atoms. The van der Waals surface area contributed by atoms with Crippen LogP contribution in [0.2, 0.25) is 5.02 Å². The van der Waals surface area contributed by atoms with Crippen LogP contribution < -0.4 is 14.8 Å². The zero-order valence-electron chi connectivity index (χ0n) is 13.6. The van der Waals surface area contributed by atoms with Gasteiger partial charge in [-0.3, -0.25) is 4.79 Å². The van der Waals surface area contributed by atoms with E-state index in [2.05, 4.69) is 10.3 Å². The number of nitrogens with zero attached hydrogens (tertiary/aromatic N) is 1. The molecule has 1 aromatic heterocycles. The standard InChI is InChI=1S/C18H15ClN2O3S/c1-23-13-6-3-11(4-7-13)18-21-15(10-25-18)17(22)20-14-9-12(19)5-8-16(14)24-2/h3-10H,1-2H3,(H,20,22). The Morgan fingerprint density at radius 3 is 2.56 bits per heavy atom. The first-order chi connectivity index (χ1) is 12.1. The number of hydrogen-bond donors (Lipinski definition) is 1. The number of thiazole rings is 1. The van der Waals surface area contributed by atoms with Crippen molar-refractivity contribution >= 4 is 34.5 Å². The summed E-state index contributed by atoms with van der Waals surface area (Å²) in [6, 6.07) is 12.5. The zero-order chi connectivity index (χ0) is 17.8. The lowest BCUT2D eigenvalue weighted by molar-refractivity contribution is 0.102. The van der Waals surface area contributed by atoms with Gasteiger partial charge in [-0.2, -0.15) is 0 Å². The fourth-order valence-electron chi connectivity index (χ4n) is 2.21. The normalized spacial score (nSPS) is 10.4. The number of benzene rings is 2. The fraction of sp³-hybridized carbons (Fsp3) is 0.111. The Bertz CT molecular complexity index is 894. The first-order valence-electron chi connectivity index (χ1n) is 7.35. The summed E-state index contributed by atoms with van der Waals surface area (Å²) in [6.07, 6.45) is 0. The third-order valence-corrected chi connectivity index (χ3v) is 4.61. The van der Waals surface area contributed by atoms with E-state index in [4.69, 9.17) is 21.1 Å². The molecule has 0 atom stereocenters. The minimum absolute atomic E-state index is 0.323. The van der Waals surface area contributed by atoms with E-state index in [-0.39, 0.29) is 5.91 Å². The number of nitrogens with one attached hydrogen (secondary N) is 1. The monoisotopic (exact) mass is 374 g/mol. The van der Waals surface area contributed by atoms with E-state index in [0.717, 1.165) is 16.3 Å². The summed E-state index contributed by atoms with van der Waals surface area (Å²) in [4.78, 5) is 16.9. The van der Waals surface area contributed by atoms with Gasteiger partial charge in [-0.25, -0.2) is 4.98 Å². The van der Waals surface area contributed by atoms with Gasteiger partial charge < -0.3 is 14.8 Å². The first-order valence-corrected chi connectivity index (χ1v) is 8.61. The molecule has 0 fully saturated rings. The van der Waals surface area contributed by atoms with Crippen LogP contribution in [0, 0.1) is 0 Å². The Morgan fingerprint density at radius 2 is 1.88 bits per heavy atom. The molecule has 0 radical (unpaired) electrons. The summed E-state index contributed by atoms with van der Waals surface area (Å²) >= 11 is 7.38. The third-order valence-electron chi connectivity index (χ3n) is 3.48. The van der Waals surface area contributed by atoms with Crippen LogP contribution in [0.3, 0.4) is 0 Å². The Morgan fingerprint density at radius 1 is 1.12 bits per heavy atom. The Labute approximate surface area is 154 Å². The van der Waals surface area contributed by atoms with Crippen molar-refractivity contribution in [3.8, 4) is 22.1 Å². The maximum atomic E-state index is 12.5. The Kier molecular flexibility index (Phi) is 5.21. The van der Waals surface area contributed by atoms with Crippen LogP contribution in [-0.2, 0) is 0 Å². The highest BCUT2D eigenvalue weighted by Crippen LogP contribution is 2.29. The molecule has 2 aromatic carbocycles. The molecule has 0 aliphatic carbocycles. The zero-order valence-corrected chi connectivity index (χ0v) is 15.1. The van der Waals surface area contributed by atoms with E-state index >= 15 is 0 Å². The number of methoxy groups -OCH3 is 2. The first kappa shape index (κ1) is 17.3. The minimum atomic E-state index is -0.323. The number of anilines is 1. The highest BCUT2D eigenvalue weighted by atomic mass is 35.5. The predicted molar refractivity (Wildman–Crippen MR) is 100 cm³/mol. The van der Waals surface area contributed by atoms with Gasteiger partial charge in [0.1, 0.15) is 22.2 Å². The maximum Gasteiger partial charge on any atom is 0.275 e. The van der Waals surface area contributed by atoms with Gasteiger partial charge in [0.2, 0.25) is 0 Å². The maximum absolute atomic E-state index is 12.5. The molecule has 5 nitrogen and oxygen atoms in total. The second-order valence-corrected chi connectivity index (χ2v) is 6.36. The summed E-state index contributed by atoms with van der Waals surface area (Å²) in [5, 5.41) is 5.75. The average Bonchev–Trinajstić information content (AvgIpc) is 3.12. The molecule has 1 amide bonds. The number of carbonyl (C=O) groups excluding carboxylic acids is 1. The molecule has 3 aromatic rings. The highest BCUT2D eigenvalue weighted by molar-refractivity contribution is 7.13. The second kappa shape index (κ2) is 7.55. The molecule has 3 rings (SSSR count). The molecule has 25 heavy (non-hydrogen) atoms. The van der Waals surface area contributed by atoms with Crippen LogP contribution in [-0.4, -0.2) is 25.1 Å². The number of halogens is 1. The van der Waals surface area contributed by atoms with Gasteiger partial charge in [-0.1, -0.05) is 11.6 Å². The number of aromatic nitrogens is 1. The number of amides is 1. The summed E-state index contributed by atoms with van der Waals surface area (Å²) in [7, 11) is 3.15. The van der Waals surface area contributed by atoms with E-state index in [0.29, 0.717) is 22.2 Å². The van der Waals surface area contributed by atoms with Gasteiger partial charge in [0.15, 0.2) is 0 Å². The molecule has 0 aliphatic heterocycles. The number of rotatable bonds is 5. The molecule has 1 heterocycles. The third kappa shape index (κ3) is 3.92. The van der Waals surface area contributed by atoms with E-state index < -0.39 is 0 Å². The van der Waals surface area contributed by atoms with Crippen molar-refractivity contribution in [3.05, 3.63) is 58.6 Å². The van der Waals surface area contributed by atoms with E-state index in [1.54, 1.807) is 30.7 Å². The fourth-order valence-corrected chi connectivity index (χ4v) is 3.19. The molecule has 0 saturated heterocycles. The van der Waals surface area contributed by atoms with Crippen molar-refractivity contribution in [2.75, 3.05) is 19.5 Å². The average molecular weight is 375 g/mol. The van der Waals surface area contributed by atoms with Crippen LogP contribution in [0.25, 0.3) is 10.6 Å². The lowest BCUT2D eigenvalue weighted by Crippen LogP contribution is -2.13. The molecular formula is C18H15ClN2O3S. The number of ether oxygens (including phenoxy) is 2. The van der Waals surface area contributed by atoms with Crippen LogP contribution in [0.15, 0.2) is 47.8 Å². The molecule has 7 heteroatoms. The topological polar surface area (TPSA) is 60.5 Å². The quantitative estimate of drug-likeness (QED) is 0.701. The Hall–Kier alpha value is -2.57. The minimum Gasteiger partial charge on any atom is -0.497 e. The summed E-state index contributed by atoms with van der Waals surface area (Å²) < 4.78 is 10.4. The summed E-state index contributed by atoms with van der Waals surface area (Å²) in [5.74, 6) is 0.978. The smallest absolute Gasteiger partial charge is 0.275 e. The molecule has 128 valence electrons. The van der Waals surface area contributed by atoms with Gasteiger partial charge in [0.25, 0.3) is 5.91 Å². The molecule has 1 N–H and O–H groups in total. The molecule has 0 unspecified atom stereocenters.